The SMILES string of the molecule is CC(C)c1noc([C@@H](NCc2csc(C(C)C)n2)C2CCOCC2)n1. The summed E-state index contributed by atoms with van der Waals surface area (Å²) in [5.74, 6) is 2.63. The Morgan fingerprint density at radius 3 is 2.52 bits per heavy atom. The summed E-state index contributed by atoms with van der Waals surface area (Å²) in [6.07, 6.45) is 2.01. The van der Waals surface area contributed by atoms with Crippen LogP contribution in [0, 0.1) is 5.92 Å². The Morgan fingerprint density at radius 2 is 1.92 bits per heavy atom. The summed E-state index contributed by atoms with van der Waals surface area (Å²) in [5.41, 5.74) is 1.08. The summed E-state index contributed by atoms with van der Waals surface area (Å²) in [6.45, 7) is 10.8. The van der Waals surface area contributed by atoms with Crippen LogP contribution < -0.4 is 5.32 Å². The van der Waals surface area contributed by atoms with Crippen LogP contribution in [0.2, 0.25) is 0 Å². The van der Waals surface area contributed by atoms with Gasteiger partial charge < -0.3 is 9.26 Å². The molecule has 138 valence electrons. The third-order valence-electron chi connectivity index (χ3n) is 4.54. The lowest BCUT2D eigenvalue weighted by Crippen LogP contribution is -2.32. The largest absolute Gasteiger partial charge is 0.381 e. The second-order valence-electron chi connectivity index (χ2n) is 7.29. The van der Waals surface area contributed by atoms with Gasteiger partial charge in [-0.25, -0.2) is 4.98 Å². The first kappa shape index (κ1) is 18.5. The lowest BCUT2D eigenvalue weighted by Gasteiger charge is -2.28. The molecule has 0 aromatic carbocycles. The van der Waals surface area contributed by atoms with E-state index in [1.54, 1.807) is 11.3 Å². The van der Waals surface area contributed by atoms with Crippen LogP contribution in [0.15, 0.2) is 9.90 Å². The van der Waals surface area contributed by atoms with E-state index in [1.807, 2.05) is 0 Å². The normalized spacial score (nSPS) is 17.5. The van der Waals surface area contributed by atoms with Crippen molar-refractivity contribution in [3.63, 3.8) is 0 Å². The molecule has 0 bridgehead atoms. The number of thiazole rings is 1. The van der Waals surface area contributed by atoms with E-state index < -0.39 is 0 Å². The maximum atomic E-state index is 5.59. The average molecular weight is 365 g/mol. The second-order valence-corrected chi connectivity index (χ2v) is 8.18. The van der Waals surface area contributed by atoms with Gasteiger partial charge in [-0.15, -0.1) is 11.3 Å². The van der Waals surface area contributed by atoms with Gasteiger partial charge in [0.2, 0.25) is 5.89 Å². The minimum atomic E-state index is 0.0492. The van der Waals surface area contributed by atoms with E-state index in [2.05, 4.69) is 48.5 Å². The zero-order valence-corrected chi connectivity index (χ0v) is 16.3. The van der Waals surface area contributed by atoms with Gasteiger partial charge in [-0.1, -0.05) is 32.9 Å². The van der Waals surface area contributed by atoms with Crippen molar-refractivity contribution < 1.29 is 9.26 Å². The van der Waals surface area contributed by atoms with Gasteiger partial charge in [0.1, 0.15) is 0 Å². The minimum absolute atomic E-state index is 0.0492. The van der Waals surface area contributed by atoms with Crippen molar-refractivity contribution in [1.29, 1.82) is 0 Å². The fourth-order valence-electron chi connectivity index (χ4n) is 3.00. The third-order valence-corrected chi connectivity index (χ3v) is 5.74. The molecule has 0 saturated carbocycles. The van der Waals surface area contributed by atoms with Crippen molar-refractivity contribution in [3.8, 4) is 0 Å². The Labute approximate surface area is 153 Å². The number of ether oxygens (including phenoxy) is 1. The van der Waals surface area contributed by atoms with Gasteiger partial charge in [0.15, 0.2) is 5.82 Å². The highest BCUT2D eigenvalue weighted by molar-refractivity contribution is 7.09. The van der Waals surface area contributed by atoms with Crippen LogP contribution in [-0.4, -0.2) is 28.3 Å². The van der Waals surface area contributed by atoms with Gasteiger partial charge in [0.05, 0.1) is 16.7 Å². The smallest absolute Gasteiger partial charge is 0.244 e. The Kier molecular flexibility index (Phi) is 6.19. The van der Waals surface area contributed by atoms with Crippen LogP contribution in [0.3, 0.4) is 0 Å². The third kappa shape index (κ3) is 4.65. The fraction of sp³-hybridized carbons (Fsp3) is 0.722. The van der Waals surface area contributed by atoms with Gasteiger partial charge in [-0.2, -0.15) is 4.98 Å². The molecule has 0 radical (unpaired) electrons. The monoisotopic (exact) mass is 364 g/mol. The molecule has 3 rings (SSSR count). The Bertz CT molecular complexity index is 662. The molecule has 3 heterocycles. The van der Waals surface area contributed by atoms with Crippen molar-refractivity contribution >= 4 is 11.3 Å². The Hall–Kier alpha value is -1.31. The number of nitrogens with zero attached hydrogens (tertiary/aromatic N) is 3. The number of aromatic nitrogens is 3. The first-order valence-corrected chi connectivity index (χ1v) is 10.0. The van der Waals surface area contributed by atoms with Crippen molar-refractivity contribution in [2.24, 2.45) is 5.92 Å². The summed E-state index contributed by atoms with van der Waals surface area (Å²) in [7, 11) is 0. The topological polar surface area (TPSA) is 73.1 Å². The molecule has 0 unspecified atom stereocenters. The van der Waals surface area contributed by atoms with E-state index in [1.165, 1.54) is 5.01 Å². The summed E-state index contributed by atoms with van der Waals surface area (Å²) < 4.78 is 11.1. The van der Waals surface area contributed by atoms with E-state index in [9.17, 15) is 0 Å². The Balaban J connectivity index is 1.73. The maximum Gasteiger partial charge on any atom is 0.244 e. The molecule has 7 heteroatoms. The molecule has 2 aromatic rings. The summed E-state index contributed by atoms with van der Waals surface area (Å²) in [5, 5.41) is 11.1. The van der Waals surface area contributed by atoms with Gasteiger partial charge in [0, 0.05) is 37.0 Å². The van der Waals surface area contributed by atoms with Crippen LogP contribution in [-0.2, 0) is 11.3 Å². The molecule has 1 atom stereocenters. The molecule has 1 aliphatic heterocycles. The highest BCUT2D eigenvalue weighted by Crippen LogP contribution is 2.30. The standard InChI is InChI=1S/C18H28N4O2S/c1-11(2)16-21-17(24-22-16)15(13-5-7-23-8-6-13)19-9-14-10-25-18(20-14)12(3)4/h10-13,15,19H,5-9H2,1-4H3/t15-/m0/s1. The first-order valence-electron chi connectivity index (χ1n) is 9.13. The average Bonchev–Trinajstić information content (AvgIpc) is 3.26. The van der Waals surface area contributed by atoms with Crippen LogP contribution in [0.4, 0.5) is 0 Å². The predicted octanol–water partition coefficient (Wildman–Crippen LogP) is 4.03. The summed E-state index contributed by atoms with van der Waals surface area (Å²) >= 11 is 1.73. The predicted molar refractivity (Wildman–Crippen MR) is 97.7 cm³/mol. The number of nitrogens with one attached hydrogen (secondary N) is 1. The van der Waals surface area contributed by atoms with E-state index >= 15 is 0 Å². The molecule has 25 heavy (non-hydrogen) atoms. The fourth-order valence-corrected chi connectivity index (χ4v) is 3.83. The quantitative estimate of drug-likeness (QED) is 0.799. The Morgan fingerprint density at radius 1 is 1.16 bits per heavy atom. The van der Waals surface area contributed by atoms with Crippen molar-refractivity contribution in [3.05, 3.63) is 27.8 Å². The summed E-state index contributed by atoms with van der Waals surface area (Å²) in [4.78, 5) is 9.35. The summed E-state index contributed by atoms with van der Waals surface area (Å²) in [6, 6.07) is 0.0492. The van der Waals surface area contributed by atoms with E-state index in [0.717, 1.165) is 37.6 Å². The van der Waals surface area contributed by atoms with Gasteiger partial charge in [-0.3, -0.25) is 5.32 Å². The van der Waals surface area contributed by atoms with Gasteiger partial charge in [-0.05, 0) is 18.8 Å². The molecule has 0 aliphatic carbocycles. The zero-order chi connectivity index (χ0) is 17.8. The number of hydrogen-bond acceptors (Lipinski definition) is 7. The highest BCUT2D eigenvalue weighted by Gasteiger charge is 2.30. The molecule has 0 amide bonds. The molecule has 1 saturated heterocycles. The van der Waals surface area contributed by atoms with Crippen LogP contribution >= 0.6 is 11.3 Å². The van der Waals surface area contributed by atoms with Crippen molar-refractivity contribution in [1.82, 2.24) is 20.4 Å². The van der Waals surface area contributed by atoms with Gasteiger partial charge >= 0.3 is 0 Å². The van der Waals surface area contributed by atoms with Crippen molar-refractivity contribution in [2.45, 2.75) is 65.0 Å². The minimum Gasteiger partial charge on any atom is -0.381 e. The molecule has 0 spiro atoms. The second kappa shape index (κ2) is 8.38. The van der Waals surface area contributed by atoms with E-state index in [-0.39, 0.29) is 12.0 Å². The molecule has 2 aromatic heterocycles. The highest BCUT2D eigenvalue weighted by atomic mass is 32.1. The molecule has 6 nitrogen and oxygen atoms in total. The van der Waals surface area contributed by atoms with Crippen LogP contribution in [0.25, 0.3) is 0 Å². The van der Waals surface area contributed by atoms with Gasteiger partial charge in [0.25, 0.3) is 0 Å². The zero-order valence-electron chi connectivity index (χ0n) is 15.5. The lowest BCUT2D eigenvalue weighted by molar-refractivity contribution is 0.0485. The molecular formula is C18H28N4O2S. The molecule has 1 N–H and O–H groups in total. The number of hydrogen-bond donors (Lipinski definition) is 1. The first-order chi connectivity index (χ1) is 12.0. The van der Waals surface area contributed by atoms with Crippen LogP contribution in [0.5, 0.6) is 0 Å². The molecule has 1 aliphatic rings. The number of rotatable bonds is 7. The van der Waals surface area contributed by atoms with Crippen LogP contribution in [0.1, 0.15) is 80.8 Å². The van der Waals surface area contributed by atoms with Crippen molar-refractivity contribution in [2.75, 3.05) is 13.2 Å². The molecular weight excluding hydrogens is 336 g/mol. The maximum absolute atomic E-state index is 5.59. The lowest BCUT2D eigenvalue weighted by atomic mass is 9.91. The molecule has 1 fully saturated rings. The van der Waals surface area contributed by atoms with E-state index in [0.29, 0.717) is 24.3 Å². The van der Waals surface area contributed by atoms with E-state index in [4.69, 9.17) is 14.2 Å².